The molecule has 0 saturated heterocycles. The molecule has 1 aliphatic rings. The van der Waals surface area contributed by atoms with Crippen LogP contribution in [0.3, 0.4) is 0 Å². The van der Waals surface area contributed by atoms with E-state index in [9.17, 15) is 23.1 Å². The van der Waals surface area contributed by atoms with Gasteiger partial charge in [0, 0.05) is 11.3 Å². The molecule has 1 aliphatic heterocycles. The number of anilines is 1. The summed E-state index contributed by atoms with van der Waals surface area (Å²) in [6.45, 7) is 0. The molecule has 1 atom stereocenters. The van der Waals surface area contributed by atoms with Gasteiger partial charge in [0.25, 0.3) is 5.91 Å². The number of hydrogen-bond acceptors (Lipinski definition) is 2. The van der Waals surface area contributed by atoms with E-state index in [0.29, 0.717) is 5.69 Å². The van der Waals surface area contributed by atoms with Crippen molar-refractivity contribution in [2.24, 2.45) is 0 Å². The van der Waals surface area contributed by atoms with Gasteiger partial charge in [0.05, 0.1) is 5.56 Å². The molecule has 1 amide bonds. The van der Waals surface area contributed by atoms with Crippen LogP contribution in [0, 0.1) is 0 Å². The third kappa shape index (κ3) is 1.99. The number of halogens is 3. The number of aliphatic hydroxyl groups is 1. The van der Waals surface area contributed by atoms with Crippen LogP contribution in [0.15, 0.2) is 48.5 Å². The van der Waals surface area contributed by atoms with Gasteiger partial charge in [-0.25, -0.2) is 0 Å². The minimum absolute atomic E-state index is 0.111. The summed E-state index contributed by atoms with van der Waals surface area (Å²) in [5.74, 6) is -0.761. The molecule has 1 heterocycles. The lowest BCUT2D eigenvalue weighted by Gasteiger charge is -2.22. The van der Waals surface area contributed by atoms with E-state index in [1.165, 1.54) is 18.2 Å². The topological polar surface area (TPSA) is 49.3 Å². The molecule has 0 spiro atoms. The summed E-state index contributed by atoms with van der Waals surface area (Å²) in [4.78, 5) is 12.1. The van der Waals surface area contributed by atoms with Crippen LogP contribution in [0.4, 0.5) is 18.9 Å². The number of benzene rings is 2. The number of carbonyl (C=O) groups is 1. The maximum Gasteiger partial charge on any atom is 0.416 e. The second kappa shape index (κ2) is 4.33. The SMILES string of the molecule is O=C1Nc2ccccc2C1(O)c1cccc(C(F)(F)F)c1. The predicted octanol–water partition coefficient (Wildman–Crippen LogP) is 2.89. The van der Waals surface area contributed by atoms with Gasteiger partial charge >= 0.3 is 6.18 Å². The van der Waals surface area contributed by atoms with Crippen molar-refractivity contribution >= 4 is 11.6 Å². The molecule has 2 aromatic rings. The molecule has 0 saturated carbocycles. The van der Waals surface area contributed by atoms with Crippen LogP contribution in [-0.4, -0.2) is 11.0 Å². The zero-order chi connectivity index (χ0) is 15.3. The van der Waals surface area contributed by atoms with E-state index in [2.05, 4.69) is 5.32 Å². The number of para-hydroxylation sites is 1. The van der Waals surface area contributed by atoms with Gasteiger partial charge in [-0.3, -0.25) is 4.79 Å². The molecule has 0 aliphatic carbocycles. The lowest BCUT2D eigenvalue weighted by Crippen LogP contribution is -2.35. The summed E-state index contributed by atoms with van der Waals surface area (Å²) in [5.41, 5.74) is -2.50. The van der Waals surface area contributed by atoms with Crippen LogP contribution in [0.5, 0.6) is 0 Å². The molecule has 2 N–H and O–H groups in total. The molecule has 3 rings (SSSR count). The zero-order valence-corrected chi connectivity index (χ0v) is 10.6. The van der Waals surface area contributed by atoms with E-state index < -0.39 is 23.2 Å². The van der Waals surface area contributed by atoms with Crippen molar-refractivity contribution < 1.29 is 23.1 Å². The van der Waals surface area contributed by atoms with Crippen molar-refractivity contribution in [1.82, 2.24) is 0 Å². The maximum absolute atomic E-state index is 12.8. The van der Waals surface area contributed by atoms with Gasteiger partial charge in [-0.1, -0.05) is 30.3 Å². The molecule has 108 valence electrons. The van der Waals surface area contributed by atoms with Crippen molar-refractivity contribution in [2.75, 3.05) is 5.32 Å². The smallest absolute Gasteiger partial charge is 0.372 e. The van der Waals surface area contributed by atoms with Gasteiger partial charge < -0.3 is 10.4 Å². The molecule has 0 fully saturated rings. The zero-order valence-electron chi connectivity index (χ0n) is 10.6. The fourth-order valence-electron chi connectivity index (χ4n) is 2.45. The molecule has 0 aromatic heterocycles. The van der Waals surface area contributed by atoms with E-state index in [-0.39, 0.29) is 11.1 Å². The van der Waals surface area contributed by atoms with Crippen molar-refractivity contribution in [3.05, 3.63) is 65.2 Å². The summed E-state index contributed by atoms with van der Waals surface area (Å²) in [6.07, 6.45) is -4.54. The highest BCUT2D eigenvalue weighted by Gasteiger charge is 2.47. The van der Waals surface area contributed by atoms with Crippen LogP contribution in [-0.2, 0) is 16.6 Å². The first-order valence-corrected chi connectivity index (χ1v) is 6.14. The fourth-order valence-corrected chi connectivity index (χ4v) is 2.45. The number of nitrogens with one attached hydrogen (secondary N) is 1. The number of hydrogen-bond donors (Lipinski definition) is 2. The van der Waals surface area contributed by atoms with Gasteiger partial charge in [0.1, 0.15) is 0 Å². The number of amides is 1. The largest absolute Gasteiger partial charge is 0.416 e. The van der Waals surface area contributed by atoms with Crippen LogP contribution in [0.2, 0.25) is 0 Å². The standard InChI is InChI=1S/C15H10F3NO2/c16-15(17,18)10-5-3-4-9(8-10)14(21)11-6-1-2-7-12(11)19-13(14)20/h1-8,21H,(H,19,20). The quantitative estimate of drug-likeness (QED) is 0.849. The first kappa shape index (κ1) is 13.6. The number of alkyl halides is 3. The number of carbonyl (C=O) groups excluding carboxylic acids is 1. The van der Waals surface area contributed by atoms with E-state index >= 15 is 0 Å². The first-order chi connectivity index (χ1) is 9.83. The van der Waals surface area contributed by atoms with Crippen molar-refractivity contribution in [3.8, 4) is 0 Å². The lowest BCUT2D eigenvalue weighted by atomic mass is 9.87. The molecular formula is C15H10F3NO2. The van der Waals surface area contributed by atoms with Crippen LogP contribution >= 0.6 is 0 Å². The van der Waals surface area contributed by atoms with Crippen molar-refractivity contribution in [1.29, 1.82) is 0 Å². The van der Waals surface area contributed by atoms with E-state index in [1.807, 2.05) is 0 Å². The summed E-state index contributed by atoms with van der Waals surface area (Å²) in [7, 11) is 0. The van der Waals surface area contributed by atoms with Gasteiger partial charge in [-0.2, -0.15) is 13.2 Å². The Hall–Kier alpha value is -2.34. The van der Waals surface area contributed by atoms with E-state index in [1.54, 1.807) is 18.2 Å². The highest BCUT2D eigenvalue weighted by atomic mass is 19.4. The molecule has 0 radical (unpaired) electrons. The Morgan fingerprint density at radius 3 is 2.48 bits per heavy atom. The Kier molecular flexibility index (Phi) is 2.81. The minimum Gasteiger partial charge on any atom is -0.372 e. The molecule has 1 unspecified atom stereocenters. The van der Waals surface area contributed by atoms with Gasteiger partial charge in [-0.05, 0) is 23.8 Å². The maximum atomic E-state index is 12.8. The molecule has 6 heteroatoms. The van der Waals surface area contributed by atoms with Crippen LogP contribution in [0.25, 0.3) is 0 Å². The third-order valence-corrected chi connectivity index (χ3v) is 3.50. The molecular weight excluding hydrogens is 283 g/mol. The second-order valence-electron chi connectivity index (χ2n) is 4.79. The summed E-state index contributed by atoms with van der Waals surface area (Å²) in [6, 6.07) is 10.5. The highest BCUT2D eigenvalue weighted by molar-refractivity contribution is 6.07. The normalized spacial score (nSPS) is 21.0. The number of rotatable bonds is 1. The second-order valence-corrected chi connectivity index (χ2v) is 4.79. The Labute approximate surface area is 118 Å². The summed E-state index contributed by atoms with van der Waals surface area (Å²) < 4.78 is 38.4. The third-order valence-electron chi connectivity index (χ3n) is 3.50. The Bertz CT molecular complexity index is 727. The van der Waals surface area contributed by atoms with Crippen LogP contribution < -0.4 is 5.32 Å². The van der Waals surface area contributed by atoms with Gasteiger partial charge in [0.2, 0.25) is 0 Å². The molecule has 0 bridgehead atoms. The monoisotopic (exact) mass is 293 g/mol. The Morgan fingerprint density at radius 2 is 1.76 bits per heavy atom. The lowest BCUT2D eigenvalue weighted by molar-refractivity contribution is -0.138. The first-order valence-electron chi connectivity index (χ1n) is 6.14. The highest BCUT2D eigenvalue weighted by Crippen LogP contribution is 2.42. The molecule has 3 nitrogen and oxygen atoms in total. The predicted molar refractivity (Wildman–Crippen MR) is 69.5 cm³/mol. The Balaban J connectivity index is 2.18. The van der Waals surface area contributed by atoms with Gasteiger partial charge in [-0.15, -0.1) is 0 Å². The Morgan fingerprint density at radius 1 is 1.05 bits per heavy atom. The average Bonchev–Trinajstić information content (AvgIpc) is 2.71. The number of fused-ring (bicyclic) bond motifs is 1. The van der Waals surface area contributed by atoms with E-state index in [4.69, 9.17) is 0 Å². The molecule has 2 aromatic carbocycles. The average molecular weight is 293 g/mol. The van der Waals surface area contributed by atoms with Gasteiger partial charge in [0.15, 0.2) is 5.60 Å². The fraction of sp³-hybridized carbons (Fsp3) is 0.133. The minimum atomic E-state index is -4.54. The summed E-state index contributed by atoms with van der Waals surface area (Å²) in [5, 5.41) is 13.2. The van der Waals surface area contributed by atoms with Crippen LogP contribution in [0.1, 0.15) is 16.7 Å². The van der Waals surface area contributed by atoms with Crippen molar-refractivity contribution in [3.63, 3.8) is 0 Å². The molecule has 21 heavy (non-hydrogen) atoms. The van der Waals surface area contributed by atoms with E-state index in [0.717, 1.165) is 12.1 Å². The summed E-state index contributed by atoms with van der Waals surface area (Å²) >= 11 is 0. The van der Waals surface area contributed by atoms with Crippen molar-refractivity contribution in [2.45, 2.75) is 11.8 Å².